The summed E-state index contributed by atoms with van der Waals surface area (Å²) in [6.45, 7) is 3.92. The van der Waals surface area contributed by atoms with Crippen molar-refractivity contribution in [3.05, 3.63) is 53.6 Å². The first kappa shape index (κ1) is 19.5. The van der Waals surface area contributed by atoms with Gasteiger partial charge in [-0.1, -0.05) is 12.1 Å². The summed E-state index contributed by atoms with van der Waals surface area (Å²) in [4.78, 5) is 26.7. The molecule has 0 aromatic heterocycles. The Kier molecular flexibility index (Phi) is 5.81. The predicted molar refractivity (Wildman–Crippen MR) is 112 cm³/mol. The fourth-order valence-corrected chi connectivity index (χ4v) is 3.88. The summed E-state index contributed by atoms with van der Waals surface area (Å²) in [6.07, 6.45) is 3.61. The van der Waals surface area contributed by atoms with Crippen LogP contribution in [0, 0.1) is 6.92 Å². The number of hydrogen-bond acceptors (Lipinski definition) is 4. The lowest BCUT2D eigenvalue weighted by molar-refractivity contribution is -0.117. The summed E-state index contributed by atoms with van der Waals surface area (Å²) in [5, 5.41) is 2.94. The minimum absolute atomic E-state index is 0.0922. The van der Waals surface area contributed by atoms with E-state index in [1.807, 2.05) is 42.2 Å². The van der Waals surface area contributed by atoms with Crippen molar-refractivity contribution in [2.24, 2.45) is 0 Å². The molecule has 1 N–H and O–H groups in total. The van der Waals surface area contributed by atoms with Crippen LogP contribution in [-0.4, -0.2) is 37.7 Å². The molecule has 0 saturated carbocycles. The van der Waals surface area contributed by atoms with Gasteiger partial charge in [-0.25, -0.2) is 0 Å². The minimum Gasteiger partial charge on any atom is -0.490 e. The molecule has 2 saturated heterocycles. The molecular formula is C23H26N2O4. The number of benzene rings is 2. The summed E-state index contributed by atoms with van der Waals surface area (Å²) >= 11 is 0. The normalized spacial score (nSPS) is 18.9. The lowest BCUT2D eigenvalue weighted by Gasteiger charge is -2.19. The van der Waals surface area contributed by atoms with Crippen LogP contribution in [0.15, 0.2) is 42.5 Å². The molecule has 1 atom stereocenters. The molecule has 2 aliphatic heterocycles. The van der Waals surface area contributed by atoms with Crippen LogP contribution in [0.3, 0.4) is 0 Å². The third-order valence-electron chi connectivity index (χ3n) is 5.40. The highest BCUT2D eigenvalue weighted by Crippen LogP contribution is 2.28. The Balaban J connectivity index is 1.45. The van der Waals surface area contributed by atoms with Crippen LogP contribution >= 0.6 is 0 Å². The summed E-state index contributed by atoms with van der Waals surface area (Å²) in [5.74, 6) is 0.482. The molecule has 2 fully saturated rings. The second-order valence-corrected chi connectivity index (χ2v) is 7.55. The van der Waals surface area contributed by atoms with Crippen molar-refractivity contribution in [1.29, 1.82) is 0 Å². The van der Waals surface area contributed by atoms with Gasteiger partial charge in [0.25, 0.3) is 5.91 Å². The van der Waals surface area contributed by atoms with E-state index < -0.39 is 0 Å². The van der Waals surface area contributed by atoms with Crippen LogP contribution in [0.25, 0.3) is 0 Å². The Morgan fingerprint density at radius 2 is 2.10 bits per heavy atom. The van der Waals surface area contributed by atoms with Gasteiger partial charge in [0, 0.05) is 30.9 Å². The number of carbonyl (C=O) groups excluding carboxylic acids is 2. The Labute approximate surface area is 170 Å². The van der Waals surface area contributed by atoms with Crippen LogP contribution in [0.2, 0.25) is 0 Å². The predicted octanol–water partition coefficient (Wildman–Crippen LogP) is 3.93. The van der Waals surface area contributed by atoms with Gasteiger partial charge >= 0.3 is 0 Å². The number of rotatable bonds is 6. The summed E-state index contributed by atoms with van der Waals surface area (Å²) in [5.41, 5.74) is 3.05. The molecule has 6 nitrogen and oxygen atoms in total. The molecule has 2 amide bonds. The fourth-order valence-electron chi connectivity index (χ4n) is 3.88. The smallest absolute Gasteiger partial charge is 0.259 e. The van der Waals surface area contributed by atoms with Crippen LogP contribution in [0.1, 0.15) is 41.6 Å². The maximum atomic E-state index is 12.8. The summed E-state index contributed by atoms with van der Waals surface area (Å²) < 4.78 is 11.5. The first-order chi connectivity index (χ1) is 14.1. The van der Waals surface area contributed by atoms with Gasteiger partial charge in [-0.2, -0.15) is 0 Å². The van der Waals surface area contributed by atoms with E-state index in [2.05, 4.69) is 5.32 Å². The fraction of sp³-hybridized carbons (Fsp3) is 0.391. The Hall–Kier alpha value is -2.86. The van der Waals surface area contributed by atoms with Crippen molar-refractivity contribution in [2.45, 2.75) is 38.7 Å². The van der Waals surface area contributed by atoms with Crippen molar-refractivity contribution >= 4 is 23.2 Å². The van der Waals surface area contributed by atoms with Gasteiger partial charge in [0.2, 0.25) is 5.91 Å². The number of carbonyl (C=O) groups is 2. The van der Waals surface area contributed by atoms with Gasteiger partial charge in [0.15, 0.2) is 0 Å². The molecule has 2 heterocycles. The topological polar surface area (TPSA) is 67.9 Å². The number of hydrogen-bond donors (Lipinski definition) is 1. The maximum Gasteiger partial charge on any atom is 0.259 e. The molecule has 2 aliphatic rings. The molecule has 0 aliphatic carbocycles. The molecule has 2 aromatic carbocycles. The zero-order valence-electron chi connectivity index (χ0n) is 16.6. The quantitative estimate of drug-likeness (QED) is 0.806. The van der Waals surface area contributed by atoms with Crippen LogP contribution in [0.4, 0.5) is 11.4 Å². The molecule has 2 aromatic rings. The zero-order chi connectivity index (χ0) is 20.2. The molecule has 1 unspecified atom stereocenters. The largest absolute Gasteiger partial charge is 0.490 e. The average molecular weight is 394 g/mol. The molecular weight excluding hydrogens is 368 g/mol. The van der Waals surface area contributed by atoms with Gasteiger partial charge in [0.1, 0.15) is 12.4 Å². The number of para-hydroxylation sites is 1. The zero-order valence-corrected chi connectivity index (χ0v) is 16.6. The van der Waals surface area contributed by atoms with E-state index in [1.54, 1.807) is 12.1 Å². The number of amides is 2. The highest BCUT2D eigenvalue weighted by atomic mass is 16.5. The number of nitrogens with one attached hydrogen (secondary N) is 1. The van der Waals surface area contributed by atoms with Crippen molar-refractivity contribution < 1.29 is 19.1 Å². The van der Waals surface area contributed by atoms with Crippen molar-refractivity contribution in [3.63, 3.8) is 0 Å². The van der Waals surface area contributed by atoms with E-state index in [0.717, 1.165) is 43.7 Å². The third kappa shape index (κ3) is 4.43. The number of ether oxygens (including phenoxy) is 2. The molecule has 6 heteroatoms. The van der Waals surface area contributed by atoms with Gasteiger partial charge in [0.05, 0.1) is 11.7 Å². The monoisotopic (exact) mass is 394 g/mol. The lowest BCUT2D eigenvalue weighted by atomic mass is 10.1. The Morgan fingerprint density at radius 3 is 2.83 bits per heavy atom. The standard InChI is InChI=1S/C23H26N2O4/c1-16-14-17(10-11-20(16)25-12-4-9-22(25)26)24-23(27)19-7-2-3-8-21(19)29-15-18-6-5-13-28-18/h2-3,7-8,10-11,14,18H,4-6,9,12-13,15H2,1H3,(H,24,27). The maximum absolute atomic E-state index is 12.8. The third-order valence-corrected chi connectivity index (χ3v) is 5.40. The lowest BCUT2D eigenvalue weighted by Crippen LogP contribution is -2.24. The summed E-state index contributed by atoms with van der Waals surface area (Å²) in [7, 11) is 0. The van der Waals surface area contributed by atoms with E-state index in [1.165, 1.54) is 0 Å². The average Bonchev–Trinajstić information content (AvgIpc) is 3.38. The Bertz CT molecular complexity index is 906. The van der Waals surface area contributed by atoms with Crippen LogP contribution < -0.4 is 15.0 Å². The van der Waals surface area contributed by atoms with E-state index in [4.69, 9.17) is 9.47 Å². The molecule has 0 bridgehead atoms. The molecule has 0 spiro atoms. The van der Waals surface area contributed by atoms with Gasteiger partial charge in [-0.3, -0.25) is 9.59 Å². The van der Waals surface area contributed by atoms with E-state index in [9.17, 15) is 9.59 Å². The van der Waals surface area contributed by atoms with Gasteiger partial charge in [-0.05, 0) is 62.1 Å². The molecule has 152 valence electrons. The van der Waals surface area contributed by atoms with Crippen molar-refractivity contribution in [1.82, 2.24) is 0 Å². The second kappa shape index (κ2) is 8.66. The van der Waals surface area contributed by atoms with Gasteiger partial charge < -0.3 is 19.7 Å². The molecule has 4 rings (SSSR count). The SMILES string of the molecule is Cc1cc(NC(=O)c2ccccc2OCC2CCCO2)ccc1N1CCCC1=O. The van der Waals surface area contributed by atoms with Crippen molar-refractivity contribution in [3.8, 4) is 5.75 Å². The highest BCUT2D eigenvalue weighted by molar-refractivity contribution is 6.06. The number of anilines is 2. The van der Waals surface area contributed by atoms with Crippen LogP contribution in [0.5, 0.6) is 5.75 Å². The second-order valence-electron chi connectivity index (χ2n) is 7.55. The minimum atomic E-state index is -0.225. The Morgan fingerprint density at radius 1 is 1.24 bits per heavy atom. The van der Waals surface area contributed by atoms with E-state index in [0.29, 0.717) is 30.0 Å². The highest BCUT2D eigenvalue weighted by Gasteiger charge is 2.23. The van der Waals surface area contributed by atoms with Gasteiger partial charge in [-0.15, -0.1) is 0 Å². The van der Waals surface area contributed by atoms with Crippen molar-refractivity contribution in [2.75, 3.05) is 30.0 Å². The molecule has 0 radical (unpaired) electrons. The molecule has 29 heavy (non-hydrogen) atoms. The van der Waals surface area contributed by atoms with Crippen LogP contribution in [-0.2, 0) is 9.53 Å². The first-order valence-corrected chi connectivity index (χ1v) is 10.2. The number of aryl methyl sites for hydroxylation is 1. The van der Waals surface area contributed by atoms with E-state index >= 15 is 0 Å². The summed E-state index contributed by atoms with van der Waals surface area (Å²) in [6, 6.07) is 12.9. The number of nitrogens with zero attached hydrogens (tertiary/aromatic N) is 1. The first-order valence-electron chi connectivity index (χ1n) is 10.2. The van der Waals surface area contributed by atoms with E-state index in [-0.39, 0.29) is 17.9 Å².